The number of fused-ring (bicyclic) bond motifs is 1. The fraction of sp³-hybridized carbons (Fsp3) is 0.263. The van der Waals surface area contributed by atoms with Crippen LogP contribution < -0.4 is 14.3 Å². The average Bonchev–Trinajstić information content (AvgIpc) is 2.90. The van der Waals surface area contributed by atoms with Gasteiger partial charge in [0.1, 0.15) is 17.1 Å². The van der Waals surface area contributed by atoms with Crippen LogP contribution in [0.3, 0.4) is 0 Å². The molecule has 130 valence electrons. The summed E-state index contributed by atoms with van der Waals surface area (Å²) in [5.41, 5.74) is 3.76. The van der Waals surface area contributed by atoms with E-state index in [9.17, 15) is 4.79 Å². The zero-order chi connectivity index (χ0) is 18.1. The Balaban J connectivity index is 2.20. The topological polar surface area (TPSA) is 52.8 Å². The van der Waals surface area contributed by atoms with E-state index in [0.29, 0.717) is 21.9 Å². The molecule has 0 N–H and O–H groups in total. The van der Waals surface area contributed by atoms with Crippen LogP contribution in [0.5, 0.6) is 11.5 Å². The highest BCUT2D eigenvalue weighted by Crippen LogP contribution is 2.29. The van der Waals surface area contributed by atoms with Gasteiger partial charge in [-0.1, -0.05) is 23.5 Å². The molecule has 2 aromatic carbocycles. The minimum atomic E-state index is -0.383. The zero-order valence-corrected chi connectivity index (χ0v) is 15.7. The molecule has 1 heterocycles. The largest absolute Gasteiger partial charge is 0.496 e. The number of benzene rings is 2. The van der Waals surface area contributed by atoms with Crippen LogP contribution in [-0.4, -0.2) is 24.7 Å². The molecule has 3 aromatic rings. The number of thiazole rings is 1. The van der Waals surface area contributed by atoms with E-state index in [0.717, 1.165) is 10.2 Å². The smallest absolute Gasteiger partial charge is 0.287 e. The molecule has 0 saturated heterocycles. The number of aromatic nitrogens is 1. The average molecular weight is 356 g/mol. The third kappa shape index (κ3) is 3.05. The fourth-order valence-corrected chi connectivity index (χ4v) is 3.95. The van der Waals surface area contributed by atoms with Crippen molar-refractivity contribution in [1.29, 1.82) is 0 Å². The first-order valence-electron chi connectivity index (χ1n) is 7.83. The number of amides is 1. The number of aryl methyl sites for hydroxylation is 3. The van der Waals surface area contributed by atoms with Crippen LogP contribution in [0.2, 0.25) is 0 Å². The number of ether oxygens (including phenoxy) is 2. The lowest BCUT2D eigenvalue weighted by atomic mass is 10.1. The lowest BCUT2D eigenvalue weighted by Gasteiger charge is -2.09. The van der Waals surface area contributed by atoms with Gasteiger partial charge in [0.15, 0.2) is 4.80 Å². The first-order chi connectivity index (χ1) is 12.0. The number of carbonyl (C=O) groups excluding carboxylic acids is 1. The summed E-state index contributed by atoms with van der Waals surface area (Å²) < 4.78 is 13.7. The van der Waals surface area contributed by atoms with Gasteiger partial charge in [-0.25, -0.2) is 0 Å². The molecule has 0 aliphatic carbocycles. The Morgan fingerprint density at radius 3 is 2.36 bits per heavy atom. The van der Waals surface area contributed by atoms with Gasteiger partial charge >= 0.3 is 0 Å². The summed E-state index contributed by atoms with van der Waals surface area (Å²) in [7, 11) is 4.97. The van der Waals surface area contributed by atoms with E-state index < -0.39 is 0 Å². The molecular weight excluding hydrogens is 336 g/mol. The Hall–Kier alpha value is -2.60. The molecular formula is C19H20N2O3S. The Bertz CT molecular complexity index is 1010. The standard InChI is InChI=1S/C19H20N2O3S/c1-11-9-12(2)17-13(10-11)21(3)19(25-17)20-18(22)16-14(23-4)7-6-8-15(16)24-5/h6-10H,1-5H3. The lowest BCUT2D eigenvalue weighted by Crippen LogP contribution is -2.14. The van der Waals surface area contributed by atoms with Gasteiger partial charge in [0.2, 0.25) is 0 Å². The second kappa shape index (κ2) is 6.72. The summed E-state index contributed by atoms with van der Waals surface area (Å²) in [6.07, 6.45) is 0. The van der Waals surface area contributed by atoms with Gasteiger partial charge in [0.05, 0.1) is 24.4 Å². The van der Waals surface area contributed by atoms with Crippen LogP contribution in [0, 0.1) is 13.8 Å². The number of methoxy groups -OCH3 is 2. The molecule has 0 bridgehead atoms. The van der Waals surface area contributed by atoms with Crippen LogP contribution in [0.15, 0.2) is 35.3 Å². The first kappa shape index (κ1) is 17.2. The molecule has 0 saturated carbocycles. The van der Waals surface area contributed by atoms with Crippen molar-refractivity contribution in [2.24, 2.45) is 12.0 Å². The lowest BCUT2D eigenvalue weighted by molar-refractivity contribution is 0.0992. The molecule has 0 unspecified atom stereocenters. The van der Waals surface area contributed by atoms with Crippen LogP contribution in [-0.2, 0) is 7.05 Å². The van der Waals surface area contributed by atoms with Crippen molar-refractivity contribution in [1.82, 2.24) is 4.57 Å². The minimum Gasteiger partial charge on any atom is -0.496 e. The first-order valence-corrected chi connectivity index (χ1v) is 8.64. The minimum absolute atomic E-state index is 0.331. The number of hydrogen-bond acceptors (Lipinski definition) is 4. The number of carbonyl (C=O) groups is 1. The molecule has 0 atom stereocenters. The molecule has 0 aliphatic rings. The van der Waals surface area contributed by atoms with Gasteiger partial charge in [-0.3, -0.25) is 4.79 Å². The monoisotopic (exact) mass is 356 g/mol. The van der Waals surface area contributed by atoms with E-state index >= 15 is 0 Å². The van der Waals surface area contributed by atoms with Crippen molar-refractivity contribution in [2.75, 3.05) is 14.2 Å². The predicted molar refractivity (Wildman–Crippen MR) is 99.7 cm³/mol. The van der Waals surface area contributed by atoms with Gasteiger partial charge < -0.3 is 14.0 Å². The Kier molecular flexibility index (Phi) is 4.63. The van der Waals surface area contributed by atoms with Crippen molar-refractivity contribution in [3.05, 3.63) is 51.8 Å². The molecule has 0 fully saturated rings. The second-order valence-electron chi connectivity index (χ2n) is 5.83. The van der Waals surface area contributed by atoms with Crippen LogP contribution in [0.25, 0.3) is 10.2 Å². The maximum atomic E-state index is 12.8. The van der Waals surface area contributed by atoms with E-state index in [1.807, 2.05) is 11.6 Å². The molecule has 0 spiro atoms. The molecule has 6 heteroatoms. The van der Waals surface area contributed by atoms with Crippen LogP contribution in [0.4, 0.5) is 0 Å². The molecule has 0 aliphatic heterocycles. The van der Waals surface area contributed by atoms with E-state index in [2.05, 4.69) is 31.0 Å². The van der Waals surface area contributed by atoms with Gasteiger partial charge in [-0.05, 0) is 43.2 Å². The third-order valence-electron chi connectivity index (χ3n) is 4.08. The van der Waals surface area contributed by atoms with Crippen molar-refractivity contribution in [3.63, 3.8) is 0 Å². The highest BCUT2D eigenvalue weighted by molar-refractivity contribution is 7.16. The fourth-order valence-electron chi connectivity index (χ4n) is 2.88. The highest BCUT2D eigenvalue weighted by atomic mass is 32.1. The van der Waals surface area contributed by atoms with Gasteiger partial charge in [-0.2, -0.15) is 4.99 Å². The van der Waals surface area contributed by atoms with Gasteiger partial charge in [0, 0.05) is 7.05 Å². The normalized spacial score (nSPS) is 11.8. The van der Waals surface area contributed by atoms with Crippen LogP contribution >= 0.6 is 11.3 Å². The maximum absolute atomic E-state index is 12.8. The van der Waals surface area contributed by atoms with E-state index in [1.165, 1.54) is 36.7 Å². The summed E-state index contributed by atoms with van der Waals surface area (Å²) in [4.78, 5) is 17.8. The second-order valence-corrected chi connectivity index (χ2v) is 6.81. The van der Waals surface area contributed by atoms with Crippen molar-refractivity contribution < 1.29 is 14.3 Å². The SMILES string of the molecule is COc1cccc(OC)c1C(=O)N=c1sc2c(C)cc(C)cc2n1C. The highest BCUT2D eigenvalue weighted by Gasteiger charge is 2.18. The number of hydrogen-bond donors (Lipinski definition) is 0. The summed E-state index contributed by atoms with van der Waals surface area (Å²) >= 11 is 1.50. The Morgan fingerprint density at radius 1 is 1.12 bits per heavy atom. The van der Waals surface area contributed by atoms with Crippen molar-refractivity contribution in [2.45, 2.75) is 13.8 Å². The Labute approximate surface area is 150 Å². The zero-order valence-electron chi connectivity index (χ0n) is 14.9. The summed E-state index contributed by atoms with van der Waals surface area (Å²) in [6.45, 7) is 4.13. The van der Waals surface area contributed by atoms with Gasteiger partial charge in [-0.15, -0.1) is 0 Å². The maximum Gasteiger partial charge on any atom is 0.287 e. The van der Waals surface area contributed by atoms with E-state index in [-0.39, 0.29) is 5.91 Å². The summed E-state index contributed by atoms with van der Waals surface area (Å²) in [5.74, 6) is 0.513. The molecule has 1 amide bonds. The molecule has 25 heavy (non-hydrogen) atoms. The quantitative estimate of drug-likeness (QED) is 0.720. The van der Waals surface area contributed by atoms with E-state index in [4.69, 9.17) is 9.47 Å². The predicted octanol–water partition coefficient (Wildman–Crippen LogP) is 3.61. The third-order valence-corrected chi connectivity index (χ3v) is 5.36. The molecule has 1 aromatic heterocycles. The van der Waals surface area contributed by atoms with E-state index in [1.54, 1.807) is 18.2 Å². The van der Waals surface area contributed by atoms with Crippen molar-refractivity contribution >= 4 is 27.5 Å². The number of nitrogens with zero attached hydrogens (tertiary/aromatic N) is 2. The summed E-state index contributed by atoms with van der Waals surface area (Å²) in [6, 6.07) is 9.47. The number of rotatable bonds is 3. The summed E-state index contributed by atoms with van der Waals surface area (Å²) in [5, 5.41) is 0. The van der Waals surface area contributed by atoms with Gasteiger partial charge in [0.25, 0.3) is 5.91 Å². The molecule has 3 rings (SSSR count). The van der Waals surface area contributed by atoms with Crippen LogP contribution in [0.1, 0.15) is 21.5 Å². The van der Waals surface area contributed by atoms with Crippen molar-refractivity contribution in [3.8, 4) is 11.5 Å². The molecule has 5 nitrogen and oxygen atoms in total. The Morgan fingerprint density at radius 2 is 1.76 bits per heavy atom. The molecule has 0 radical (unpaired) electrons.